The fourth-order valence-electron chi connectivity index (χ4n) is 5.27. The Morgan fingerprint density at radius 2 is 1.71 bits per heavy atom. The summed E-state index contributed by atoms with van der Waals surface area (Å²) in [5.41, 5.74) is 8.20. The Morgan fingerprint density at radius 1 is 0.929 bits per heavy atom. The predicted octanol–water partition coefficient (Wildman–Crippen LogP) is 0.630. The zero-order valence-electron chi connectivity index (χ0n) is 17.3. The van der Waals surface area contributed by atoms with Crippen molar-refractivity contribution in [1.29, 1.82) is 0 Å². The van der Waals surface area contributed by atoms with Gasteiger partial charge in [-0.3, -0.25) is 5.43 Å². The molecule has 2 unspecified atom stereocenters. The minimum absolute atomic E-state index is 0.318. The molecule has 0 aliphatic carbocycles. The highest BCUT2D eigenvalue weighted by Crippen LogP contribution is 2.30. The van der Waals surface area contributed by atoms with E-state index in [-0.39, 0.29) is 0 Å². The van der Waals surface area contributed by atoms with Crippen LogP contribution in [0.5, 0.6) is 0 Å². The van der Waals surface area contributed by atoms with Gasteiger partial charge in [-0.05, 0) is 44.0 Å². The summed E-state index contributed by atoms with van der Waals surface area (Å²) < 4.78 is 0. The maximum atomic E-state index is 9.99. The van der Waals surface area contributed by atoms with E-state index in [0.717, 1.165) is 39.3 Å². The number of nitrogens with zero attached hydrogens (tertiary/aromatic N) is 3. The minimum Gasteiger partial charge on any atom is -0.396 e. The van der Waals surface area contributed by atoms with Crippen LogP contribution in [-0.4, -0.2) is 92.4 Å². The molecule has 156 valence electrons. The summed E-state index contributed by atoms with van der Waals surface area (Å²) in [4.78, 5) is 7.67. The first kappa shape index (κ1) is 20.3. The molecule has 1 aromatic carbocycles. The minimum atomic E-state index is 0.318. The lowest BCUT2D eigenvalue weighted by Gasteiger charge is -2.27. The second-order valence-electron chi connectivity index (χ2n) is 9.05. The van der Waals surface area contributed by atoms with E-state index in [0.29, 0.717) is 30.4 Å². The van der Waals surface area contributed by atoms with Gasteiger partial charge in [0.15, 0.2) is 0 Å². The summed E-state index contributed by atoms with van der Waals surface area (Å²) in [5, 5.41) is 9.99. The molecule has 0 amide bonds. The normalized spacial score (nSPS) is 33.4. The standard InChI is InChI=1S/C22H37N5O/c1-25-8-5-9-26(11-10-25)14-20-15-27(16-21(20)17-28)13-19-12-23-24-22(19)18-6-3-2-4-7-18/h2-4,6-7,19-24,28H,5,8-17H2,1H3/t19?,20-,21-,22?/m1/s1. The Hall–Kier alpha value is -1.02. The number of aliphatic hydroxyl groups excluding tert-OH is 1. The topological polar surface area (TPSA) is 54.0 Å². The molecule has 0 radical (unpaired) electrons. The fourth-order valence-corrected chi connectivity index (χ4v) is 5.27. The van der Waals surface area contributed by atoms with Crippen LogP contribution in [0.15, 0.2) is 30.3 Å². The van der Waals surface area contributed by atoms with Gasteiger partial charge in [-0.25, -0.2) is 5.43 Å². The van der Waals surface area contributed by atoms with E-state index in [2.05, 4.69) is 62.9 Å². The van der Waals surface area contributed by atoms with E-state index < -0.39 is 0 Å². The van der Waals surface area contributed by atoms with Gasteiger partial charge in [0.05, 0.1) is 6.04 Å². The number of likely N-dealkylation sites (N-methyl/N-ethyl adjacent to an activating group) is 1. The molecule has 4 atom stereocenters. The molecule has 4 rings (SSSR count). The smallest absolute Gasteiger partial charge is 0.0515 e. The van der Waals surface area contributed by atoms with Crippen molar-refractivity contribution < 1.29 is 5.11 Å². The lowest BCUT2D eigenvalue weighted by molar-refractivity contribution is 0.165. The number of benzene rings is 1. The molecule has 3 aliphatic rings. The summed E-state index contributed by atoms with van der Waals surface area (Å²) in [6, 6.07) is 11.1. The van der Waals surface area contributed by atoms with Gasteiger partial charge in [0.25, 0.3) is 0 Å². The molecule has 3 aliphatic heterocycles. The molecule has 0 saturated carbocycles. The summed E-state index contributed by atoms with van der Waals surface area (Å²) in [7, 11) is 2.23. The SMILES string of the molecule is CN1CCCN(C[C@@H]2CN(CC3CNNC3c3ccccc3)C[C@@H]2CO)CC1. The highest BCUT2D eigenvalue weighted by atomic mass is 16.3. The summed E-state index contributed by atoms with van der Waals surface area (Å²) in [6.45, 7) is 10.4. The largest absolute Gasteiger partial charge is 0.396 e. The van der Waals surface area contributed by atoms with Crippen LogP contribution in [0.1, 0.15) is 18.0 Å². The molecular formula is C22H37N5O. The van der Waals surface area contributed by atoms with E-state index in [1.54, 1.807) is 0 Å². The van der Waals surface area contributed by atoms with Crippen molar-refractivity contribution in [2.24, 2.45) is 17.8 Å². The van der Waals surface area contributed by atoms with Gasteiger partial charge in [-0.1, -0.05) is 30.3 Å². The quantitative estimate of drug-likeness (QED) is 0.666. The maximum absolute atomic E-state index is 9.99. The highest BCUT2D eigenvalue weighted by Gasteiger charge is 2.37. The van der Waals surface area contributed by atoms with Crippen molar-refractivity contribution >= 4 is 0 Å². The summed E-state index contributed by atoms with van der Waals surface area (Å²) in [5.74, 6) is 1.57. The third-order valence-electron chi connectivity index (χ3n) is 6.94. The van der Waals surface area contributed by atoms with Gasteiger partial charge in [0, 0.05) is 58.3 Å². The number of likely N-dealkylation sites (tertiary alicyclic amines) is 1. The molecule has 0 aromatic heterocycles. The highest BCUT2D eigenvalue weighted by molar-refractivity contribution is 5.20. The van der Waals surface area contributed by atoms with Crippen molar-refractivity contribution in [2.45, 2.75) is 12.5 Å². The first-order chi connectivity index (χ1) is 13.7. The zero-order valence-corrected chi connectivity index (χ0v) is 17.3. The third kappa shape index (κ3) is 4.93. The Kier molecular flexibility index (Phi) is 6.99. The van der Waals surface area contributed by atoms with Gasteiger partial charge >= 0.3 is 0 Å². The van der Waals surface area contributed by atoms with Crippen LogP contribution < -0.4 is 10.9 Å². The predicted molar refractivity (Wildman–Crippen MR) is 113 cm³/mol. The van der Waals surface area contributed by atoms with Crippen LogP contribution in [0, 0.1) is 17.8 Å². The molecule has 0 spiro atoms. The van der Waals surface area contributed by atoms with E-state index in [1.165, 1.54) is 31.6 Å². The Labute approximate surface area is 169 Å². The molecule has 3 saturated heterocycles. The molecule has 0 bridgehead atoms. The third-order valence-corrected chi connectivity index (χ3v) is 6.94. The Balaban J connectivity index is 1.33. The molecule has 6 nitrogen and oxygen atoms in total. The molecule has 3 N–H and O–H groups in total. The van der Waals surface area contributed by atoms with Crippen molar-refractivity contribution in [3.63, 3.8) is 0 Å². The summed E-state index contributed by atoms with van der Waals surface area (Å²) >= 11 is 0. The van der Waals surface area contributed by atoms with Crippen LogP contribution in [0.3, 0.4) is 0 Å². The van der Waals surface area contributed by atoms with Crippen LogP contribution in [0.4, 0.5) is 0 Å². The molecule has 1 aromatic rings. The van der Waals surface area contributed by atoms with Crippen LogP contribution in [0.2, 0.25) is 0 Å². The second-order valence-corrected chi connectivity index (χ2v) is 9.05. The average Bonchev–Trinajstić information content (AvgIpc) is 3.27. The maximum Gasteiger partial charge on any atom is 0.0515 e. The molecule has 3 heterocycles. The number of nitrogens with one attached hydrogen (secondary N) is 2. The Morgan fingerprint density at radius 3 is 2.54 bits per heavy atom. The van der Waals surface area contributed by atoms with E-state index in [1.807, 2.05) is 0 Å². The first-order valence-corrected chi connectivity index (χ1v) is 11.0. The number of hydrazine groups is 1. The summed E-state index contributed by atoms with van der Waals surface area (Å²) in [6.07, 6.45) is 1.26. The molecule has 3 fully saturated rings. The monoisotopic (exact) mass is 387 g/mol. The molecular weight excluding hydrogens is 350 g/mol. The molecule has 6 heteroatoms. The number of rotatable bonds is 6. The lowest BCUT2D eigenvalue weighted by Crippen LogP contribution is -2.36. The average molecular weight is 388 g/mol. The van der Waals surface area contributed by atoms with E-state index >= 15 is 0 Å². The molecule has 28 heavy (non-hydrogen) atoms. The van der Waals surface area contributed by atoms with Gasteiger partial charge in [-0.15, -0.1) is 0 Å². The number of hydrogen-bond donors (Lipinski definition) is 3. The van der Waals surface area contributed by atoms with Crippen molar-refractivity contribution in [3.05, 3.63) is 35.9 Å². The van der Waals surface area contributed by atoms with Crippen molar-refractivity contribution in [1.82, 2.24) is 25.6 Å². The van der Waals surface area contributed by atoms with E-state index in [9.17, 15) is 5.11 Å². The fraction of sp³-hybridized carbons (Fsp3) is 0.727. The first-order valence-electron chi connectivity index (χ1n) is 11.0. The van der Waals surface area contributed by atoms with Crippen molar-refractivity contribution in [3.8, 4) is 0 Å². The number of aliphatic hydroxyl groups is 1. The van der Waals surface area contributed by atoms with Crippen LogP contribution >= 0.6 is 0 Å². The second kappa shape index (κ2) is 9.65. The van der Waals surface area contributed by atoms with Gasteiger partial charge in [-0.2, -0.15) is 0 Å². The number of hydrogen-bond acceptors (Lipinski definition) is 6. The van der Waals surface area contributed by atoms with Crippen LogP contribution in [0.25, 0.3) is 0 Å². The van der Waals surface area contributed by atoms with Gasteiger partial charge in [0.1, 0.15) is 0 Å². The van der Waals surface area contributed by atoms with Gasteiger partial charge < -0.3 is 19.8 Å². The van der Waals surface area contributed by atoms with E-state index in [4.69, 9.17) is 0 Å². The van der Waals surface area contributed by atoms with Gasteiger partial charge in [0.2, 0.25) is 0 Å². The van der Waals surface area contributed by atoms with Crippen LogP contribution in [-0.2, 0) is 0 Å². The van der Waals surface area contributed by atoms with Crippen molar-refractivity contribution in [2.75, 3.05) is 72.6 Å². The Bertz CT molecular complexity index is 600. The lowest BCUT2D eigenvalue weighted by atomic mass is 9.94. The zero-order chi connectivity index (χ0) is 19.3.